The third-order valence-electron chi connectivity index (χ3n) is 5.33. The number of aliphatic imine (C=N–C) groups is 1. The van der Waals surface area contributed by atoms with Crippen molar-refractivity contribution in [1.82, 2.24) is 20.0 Å². The van der Waals surface area contributed by atoms with Gasteiger partial charge in [-0.05, 0) is 32.7 Å². The van der Waals surface area contributed by atoms with E-state index in [1.165, 1.54) is 0 Å². The first kappa shape index (κ1) is 24.4. The highest BCUT2D eigenvalue weighted by atomic mass is 127. The zero-order chi connectivity index (χ0) is 18.9. The van der Waals surface area contributed by atoms with E-state index in [0.29, 0.717) is 19.1 Å². The summed E-state index contributed by atoms with van der Waals surface area (Å²) in [6.07, 6.45) is 1.91. The molecule has 2 unspecified atom stereocenters. The Balaban J connectivity index is 0.00000364. The highest BCUT2D eigenvalue weighted by molar-refractivity contribution is 14.0. The molecule has 8 heteroatoms. The topological polar surface area (TPSA) is 60.4 Å². The van der Waals surface area contributed by atoms with Crippen molar-refractivity contribution in [1.29, 1.82) is 0 Å². The number of carbonyl (C=O) groups excluding carboxylic acids is 1. The number of piperidine rings is 1. The van der Waals surface area contributed by atoms with Crippen LogP contribution in [0.2, 0.25) is 0 Å². The Kier molecular flexibility index (Phi) is 11.6. The van der Waals surface area contributed by atoms with Crippen molar-refractivity contribution in [2.24, 2.45) is 16.8 Å². The lowest BCUT2D eigenvalue weighted by Gasteiger charge is -2.35. The molecule has 0 aromatic rings. The summed E-state index contributed by atoms with van der Waals surface area (Å²) in [5.41, 5.74) is 0. The fourth-order valence-electron chi connectivity index (χ4n) is 3.76. The lowest BCUT2D eigenvalue weighted by atomic mass is 9.98. The molecular weight excluding hydrogens is 457 g/mol. The number of likely N-dealkylation sites (N-methyl/N-ethyl adjacent to an activating group) is 1. The van der Waals surface area contributed by atoms with Crippen molar-refractivity contribution in [3.63, 3.8) is 0 Å². The number of hydrogen-bond donors (Lipinski definition) is 1. The van der Waals surface area contributed by atoms with E-state index in [-0.39, 0.29) is 35.9 Å². The molecule has 2 atom stereocenters. The molecule has 0 spiro atoms. The molecule has 0 aromatic heterocycles. The predicted molar refractivity (Wildman–Crippen MR) is 121 cm³/mol. The highest BCUT2D eigenvalue weighted by Crippen LogP contribution is 2.18. The number of nitrogens with zero attached hydrogens (tertiary/aromatic N) is 4. The lowest BCUT2D eigenvalue weighted by Crippen LogP contribution is -2.50. The van der Waals surface area contributed by atoms with Gasteiger partial charge in [-0.1, -0.05) is 6.92 Å². The van der Waals surface area contributed by atoms with Gasteiger partial charge in [0.1, 0.15) is 0 Å². The summed E-state index contributed by atoms with van der Waals surface area (Å²) in [4.78, 5) is 23.6. The lowest BCUT2D eigenvalue weighted by molar-refractivity contribution is -0.149. The molecule has 2 aliphatic rings. The molecular formula is C19H38IN5O2. The van der Waals surface area contributed by atoms with Crippen LogP contribution in [0.3, 0.4) is 0 Å². The Bertz CT molecular complexity index is 469. The van der Waals surface area contributed by atoms with Crippen molar-refractivity contribution < 1.29 is 9.53 Å². The van der Waals surface area contributed by atoms with Crippen LogP contribution in [-0.4, -0.2) is 99.7 Å². The fraction of sp³-hybridized carbons (Fsp3) is 0.895. The predicted octanol–water partition coefficient (Wildman–Crippen LogP) is 1.34. The van der Waals surface area contributed by atoms with Gasteiger partial charge in [0.25, 0.3) is 0 Å². The van der Waals surface area contributed by atoms with Crippen LogP contribution < -0.4 is 5.32 Å². The zero-order valence-corrected chi connectivity index (χ0v) is 19.8. The summed E-state index contributed by atoms with van der Waals surface area (Å²) in [5, 5.41) is 3.52. The van der Waals surface area contributed by atoms with Crippen molar-refractivity contribution in [3.05, 3.63) is 0 Å². The quantitative estimate of drug-likeness (QED) is 0.260. The molecule has 0 saturated carbocycles. The minimum atomic E-state index is -0.0731. The third-order valence-corrected chi connectivity index (χ3v) is 5.33. The number of rotatable bonds is 6. The number of likely N-dealkylation sites (tertiary alicyclic amines) is 1. The first-order chi connectivity index (χ1) is 12.5. The Hall–Kier alpha value is -0.610. The first-order valence-electron chi connectivity index (χ1n) is 10.1. The largest absolute Gasteiger partial charge is 0.466 e. The summed E-state index contributed by atoms with van der Waals surface area (Å²) in [6, 6.07) is 0. The number of hydrogen-bond acceptors (Lipinski definition) is 5. The van der Waals surface area contributed by atoms with Gasteiger partial charge in [0.2, 0.25) is 0 Å². The standard InChI is InChI=1S/C19H37N5O2.HI/c1-5-26-18(25)17-7-6-8-24(15-17)19(20-3)21-13-16(2)14-23-11-9-22(4)10-12-23;/h16-17H,5-15H2,1-4H3,(H,20,21);1H. The smallest absolute Gasteiger partial charge is 0.310 e. The molecule has 27 heavy (non-hydrogen) atoms. The van der Waals surface area contributed by atoms with Crippen LogP contribution in [0.15, 0.2) is 4.99 Å². The number of nitrogens with one attached hydrogen (secondary N) is 1. The van der Waals surface area contributed by atoms with Crippen LogP contribution in [-0.2, 0) is 9.53 Å². The molecule has 7 nitrogen and oxygen atoms in total. The molecule has 0 radical (unpaired) electrons. The van der Waals surface area contributed by atoms with Crippen molar-refractivity contribution >= 4 is 35.9 Å². The van der Waals surface area contributed by atoms with E-state index in [2.05, 4.69) is 39.0 Å². The van der Waals surface area contributed by atoms with Crippen LogP contribution >= 0.6 is 24.0 Å². The van der Waals surface area contributed by atoms with Gasteiger partial charge in [-0.2, -0.15) is 0 Å². The maximum atomic E-state index is 12.0. The second-order valence-corrected chi connectivity index (χ2v) is 7.67. The van der Waals surface area contributed by atoms with Crippen molar-refractivity contribution in [2.45, 2.75) is 26.7 Å². The van der Waals surface area contributed by atoms with E-state index in [4.69, 9.17) is 4.74 Å². The Morgan fingerprint density at radius 2 is 1.96 bits per heavy atom. The second kappa shape index (κ2) is 12.8. The fourth-order valence-corrected chi connectivity index (χ4v) is 3.76. The minimum absolute atomic E-state index is 0. The van der Waals surface area contributed by atoms with Crippen LogP contribution in [0, 0.1) is 11.8 Å². The number of ether oxygens (including phenoxy) is 1. The molecule has 2 heterocycles. The van der Waals surface area contributed by atoms with E-state index < -0.39 is 0 Å². The highest BCUT2D eigenvalue weighted by Gasteiger charge is 2.28. The summed E-state index contributed by atoms with van der Waals surface area (Å²) >= 11 is 0. The van der Waals surface area contributed by atoms with E-state index in [1.54, 1.807) is 0 Å². The van der Waals surface area contributed by atoms with Gasteiger partial charge in [0.05, 0.1) is 12.5 Å². The second-order valence-electron chi connectivity index (χ2n) is 7.67. The molecule has 1 N–H and O–H groups in total. The zero-order valence-electron chi connectivity index (χ0n) is 17.4. The molecule has 2 saturated heterocycles. The maximum Gasteiger partial charge on any atom is 0.310 e. The Morgan fingerprint density at radius 1 is 1.26 bits per heavy atom. The van der Waals surface area contributed by atoms with Gasteiger partial charge >= 0.3 is 5.97 Å². The molecule has 0 aliphatic carbocycles. The van der Waals surface area contributed by atoms with E-state index in [0.717, 1.165) is 64.6 Å². The average molecular weight is 495 g/mol. The van der Waals surface area contributed by atoms with Gasteiger partial charge in [0, 0.05) is 59.4 Å². The van der Waals surface area contributed by atoms with Gasteiger partial charge in [0.15, 0.2) is 5.96 Å². The molecule has 0 amide bonds. The molecule has 0 aromatic carbocycles. The molecule has 2 fully saturated rings. The maximum absolute atomic E-state index is 12.0. The van der Waals surface area contributed by atoms with E-state index in [1.807, 2.05) is 14.0 Å². The normalized spacial score (nSPS) is 23.5. The van der Waals surface area contributed by atoms with Crippen LogP contribution in [0.1, 0.15) is 26.7 Å². The van der Waals surface area contributed by atoms with Gasteiger partial charge < -0.3 is 24.8 Å². The summed E-state index contributed by atoms with van der Waals surface area (Å²) in [6.45, 7) is 12.9. The van der Waals surface area contributed by atoms with Crippen LogP contribution in [0.4, 0.5) is 0 Å². The first-order valence-corrected chi connectivity index (χ1v) is 10.1. The van der Waals surface area contributed by atoms with Crippen LogP contribution in [0.25, 0.3) is 0 Å². The van der Waals surface area contributed by atoms with Gasteiger partial charge in [-0.15, -0.1) is 24.0 Å². The molecule has 2 rings (SSSR count). The molecule has 158 valence electrons. The number of piperazine rings is 1. The Labute approximate surface area is 181 Å². The number of carbonyl (C=O) groups is 1. The van der Waals surface area contributed by atoms with Gasteiger partial charge in [-0.25, -0.2) is 0 Å². The number of guanidine groups is 1. The van der Waals surface area contributed by atoms with Crippen LogP contribution in [0.5, 0.6) is 0 Å². The minimum Gasteiger partial charge on any atom is -0.466 e. The van der Waals surface area contributed by atoms with Crippen molar-refractivity contribution in [3.8, 4) is 0 Å². The van der Waals surface area contributed by atoms with E-state index in [9.17, 15) is 4.79 Å². The summed E-state index contributed by atoms with van der Waals surface area (Å²) < 4.78 is 5.20. The van der Waals surface area contributed by atoms with Gasteiger partial charge in [-0.3, -0.25) is 9.79 Å². The molecule has 2 aliphatic heterocycles. The third kappa shape index (κ3) is 8.11. The molecule has 0 bridgehead atoms. The SMILES string of the molecule is CCOC(=O)C1CCCN(C(=NC)NCC(C)CN2CCN(C)CC2)C1.I. The number of halogens is 1. The van der Waals surface area contributed by atoms with E-state index >= 15 is 0 Å². The monoisotopic (exact) mass is 495 g/mol. The summed E-state index contributed by atoms with van der Waals surface area (Å²) in [7, 11) is 4.01. The number of esters is 1. The average Bonchev–Trinajstić information content (AvgIpc) is 2.64. The van der Waals surface area contributed by atoms with Crippen molar-refractivity contribution in [2.75, 3.05) is 73.1 Å². The Morgan fingerprint density at radius 3 is 2.59 bits per heavy atom. The summed E-state index contributed by atoms with van der Waals surface area (Å²) in [5.74, 6) is 1.35.